The second-order valence-electron chi connectivity index (χ2n) is 4.29. The van der Waals surface area contributed by atoms with Crippen molar-refractivity contribution in [2.75, 3.05) is 11.9 Å². The van der Waals surface area contributed by atoms with E-state index in [-0.39, 0.29) is 5.91 Å². The molecule has 0 spiro atoms. The molecule has 0 aliphatic rings. The van der Waals surface area contributed by atoms with E-state index in [0.717, 1.165) is 36.3 Å². The van der Waals surface area contributed by atoms with E-state index in [1.54, 1.807) is 0 Å². The molecular weight excluding hydrogens is 226 g/mol. The summed E-state index contributed by atoms with van der Waals surface area (Å²) in [7, 11) is 0. The Kier molecular flexibility index (Phi) is 6.26. The van der Waals surface area contributed by atoms with Crippen molar-refractivity contribution in [1.29, 1.82) is 0 Å². The number of anilines is 1. The third-order valence-corrected chi connectivity index (χ3v) is 2.68. The molecule has 0 aliphatic carbocycles. The van der Waals surface area contributed by atoms with Crippen molar-refractivity contribution in [3.05, 3.63) is 23.8 Å². The summed E-state index contributed by atoms with van der Waals surface area (Å²) in [5.74, 6) is 0.874. The number of hydrogen-bond acceptors (Lipinski definition) is 2. The van der Waals surface area contributed by atoms with E-state index in [0.29, 0.717) is 13.0 Å². The lowest BCUT2D eigenvalue weighted by Crippen LogP contribution is -2.12. The topological polar surface area (TPSA) is 38.3 Å². The lowest BCUT2D eigenvalue weighted by Gasteiger charge is -2.15. The minimum atomic E-state index is 0.0482. The molecule has 0 saturated carbocycles. The minimum Gasteiger partial charge on any atom is -0.491 e. The molecule has 0 atom stereocenters. The monoisotopic (exact) mass is 249 g/mol. The Morgan fingerprint density at radius 2 is 2.00 bits per heavy atom. The minimum absolute atomic E-state index is 0.0482. The molecule has 1 N–H and O–H groups in total. The van der Waals surface area contributed by atoms with Crippen LogP contribution in [-0.4, -0.2) is 12.5 Å². The van der Waals surface area contributed by atoms with Crippen LogP contribution in [0.3, 0.4) is 0 Å². The Morgan fingerprint density at radius 3 is 2.61 bits per heavy atom. The van der Waals surface area contributed by atoms with Gasteiger partial charge in [-0.15, -0.1) is 0 Å². The number of aryl methyl sites for hydroxylation is 1. The Morgan fingerprint density at radius 1 is 1.22 bits per heavy atom. The molecule has 1 aromatic rings. The van der Waals surface area contributed by atoms with Crippen molar-refractivity contribution in [3.63, 3.8) is 0 Å². The SMILES string of the molecule is CCCOc1c(CC)cccc1NC(=O)CCC. The van der Waals surface area contributed by atoms with Crippen molar-refractivity contribution in [2.24, 2.45) is 0 Å². The predicted molar refractivity (Wildman–Crippen MR) is 75.1 cm³/mol. The number of amides is 1. The van der Waals surface area contributed by atoms with Crippen LogP contribution in [-0.2, 0) is 11.2 Å². The van der Waals surface area contributed by atoms with Crippen molar-refractivity contribution < 1.29 is 9.53 Å². The number of hydrogen-bond donors (Lipinski definition) is 1. The van der Waals surface area contributed by atoms with Gasteiger partial charge in [0.2, 0.25) is 5.91 Å². The quantitative estimate of drug-likeness (QED) is 0.798. The first-order chi connectivity index (χ1) is 8.72. The Hall–Kier alpha value is -1.51. The Balaban J connectivity index is 2.90. The maximum absolute atomic E-state index is 11.7. The third-order valence-electron chi connectivity index (χ3n) is 2.68. The first-order valence-electron chi connectivity index (χ1n) is 6.77. The summed E-state index contributed by atoms with van der Waals surface area (Å²) in [5, 5.41) is 2.93. The molecule has 1 amide bonds. The molecule has 3 nitrogen and oxygen atoms in total. The van der Waals surface area contributed by atoms with Gasteiger partial charge in [0, 0.05) is 6.42 Å². The van der Waals surface area contributed by atoms with E-state index in [4.69, 9.17) is 4.74 Å². The molecule has 0 bridgehead atoms. The van der Waals surface area contributed by atoms with Crippen LogP contribution in [0.1, 0.15) is 45.6 Å². The molecule has 0 aromatic heterocycles. The molecule has 0 unspecified atom stereocenters. The molecule has 0 fully saturated rings. The Labute approximate surface area is 110 Å². The Bertz CT molecular complexity index is 388. The molecule has 100 valence electrons. The second kappa shape index (κ2) is 7.75. The van der Waals surface area contributed by atoms with Gasteiger partial charge >= 0.3 is 0 Å². The summed E-state index contributed by atoms with van der Waals surface area (Å²) in [4.78, 5) is 11.7. The van der Waals surface area contributed by atoms with Crippen LogP contribution in [0.15, 0.2) is 18.2 Å². The van der Waals surface area contributed by atoms with Gasteiger partial charge in [-0.1, -0.05) is 32.9 Å². The lowest BCUT2D eigenvalue weighted by molar-refractivity contribution is -0.116. The average Bonchev–Trinajstić information content (AvgIpc) is 2.37. The summed E-state index contributed by atoms with van der Waals surface area (Å²) in [6.07, 6.45) is 3.25. The van der Waals surface area contributed by atoms with Crippen molar-refractivity contribution >= 4 is 11.6 Å². The van der Waals surface area contributed by atoms with Crippen LogP contribution in [0.25, 0.3) is 0 Å². The van der Waals surface area contributed by atoms with Gasteiger partial charge in [-0.25, -0.2) is 0 Å². The maximum atomic E-state index is 11.7. The molecule has 0 saturated heterocycles. The number of carbonyl (C=O) groups is 1. The summed E-state index contributed by atoms with van der Waals surface area (Å²) in [6.45, 7) is 6.83. The summed E-state index contributed by atoms with van der Waals surface area (Å²) in [5.41, 5.74) is 1.93. The smallest absolute Gasteiger partial charge is 0.224 e. The summed E-state index contributed by atoms with van der Waals surface area (Å²) < 4.78 is 5.77. The molecule has 1 aromatic carbocycles. The van der Waals surface area contributed by atoms with Gasteiger partial charge in [0.25, 0.3) is 0 Å². The number of benzene rings is 1. The number of carbonyl (C=O) groups excluding carboxylic acids is 1. The first kappa shape index (κ1) is 14.6. The van der Waals surface area contributed by atoms with Gasteiger partial charge in [0.15, 0.2) is 0 Å². The van der Waals surface area contributed by atoms with Crippen LogP contribution < -0.4 is 10.1 Å². The predicted octanol–water partition coefficient (Wildman–Crippen LogP) is 3.78. The molecular formula is C15H23NO2. The van der Waals surface area contributed by atoms with Gasteiger partial charge < -0.3 is 10.1 Å². The average molecular weight is 249 g/mol. The standard InChI is InChI=1S/C15H23NO2/c1-4-8-14(17)16-13-10-7-9-12(6-3)15(13)18-11-5-2/h7,9-10H,4-6,8,11H2,1-3H3,(H,16,17). The number of ether oxygens (including phenoxy) is 1. The van der Waals surface area contributed by atoms with Gasteiger partial charge in [0.05, 0.1) is 12.3 Å². The van der Waals surface area contributed by atoms with E-state index >= 15 is 0 Å². The highest BCUT2D eigenvalue weighted by Gasteiger charge is 2.10. The molecule has 18 heavy (non-hydrogen) atoms. The summed E-state index contributed by atoms with van der Waals surface area (Å²) in [6, 6.07) is 5.90. The lowest BCUT2D eigenvalue weighted by atomic mass is 10.1. The van der Waals surface area contributed by atoms with Gasteiger partial charge in [-0.2, -0.15) is 0 Å². The summed E-state index contributed by atoms with van der Waals surface area (Å²) >= 11 is 0. The van der Waals surface area contributed by atoms with Crippen molar-refractivity contribution in [1.82, 2.24) is 0 Å². The molecule has 0 heterocycles. The third kappa shape index (κ3) is 4.06. The zero-order chi connectivity index (χ0) is 13.4. The zero-order valence-electron chi connectivity index (χ0n) is 11.6. The number of nitrogens with one attached hydrogen (secondary N) is 1. The fourth-order valence-corrected chi connectivity index (χ4v) is 1.78. The highest BCUT2D eigenvalue weighted by atomic mass is 16.5. The fraction of sp³-hybridized carbons (Fsp3) is 0.533. The van der Waals surface area contributed by atoms with Gasteiger partial charge in [0.1, 0.15) is 5.75 Å². The van der Waals surface area contributed by atoms with Crippen LogP contribution in [0.4, 0.5) is 5.69 Å². The normalized spacial score (nSPS) is 10.2. The van der Waals surface area contributed by atoms with Gasteiger partial charge in [-0.3, -0.25) is 4.79 Å². The molecule has 1 rings (SSSR count). The van der Waals surface area contributed by atoms with E-state index in [9.17, 15) is 4.79 Å². The molecule has 3 heteroatoms. The number of rotatable bonds is 7. The highest BCUT2D eigenvalue weighted by molar-refractivity contribution is 5.92. The van der Waals surface area contributed by atoms with Crippen molar-refractivity contribution in [3.8, 4) is 5.75 Å². The zero-order valence-corrected chi connectivity index (χ0v) is 11.6. The second-order valence-corrected chi connectivity index (χ2v) is 4.29. The van der Waals surface area contributed by atoms with Crippen molar-refractivity contribution in [2.45, 2.75) is 46.5 Å². The largest absolute Gasteiger partial charge is 0.491 e. The number of para-hydroxylation sites is 1. The maximum Gasteiger partial charge on any atom is 0.224 e. The van der Waals surface area contributed by atoms with E-state index in [1.807, 2.05) is 25.1 Å². The van der Waals surface area contributed by atoms with E-state index in [1.165, 1.54) is 0 Å². The fourth-order valence-electron chi connectivity index (χ4n) is 1.78. The van der Waals surface area contributed by atoms with Gasteiger partial charge in [-0.05, 0) is 30.9 Å². The molecule has 0 radical (unpaired) electrons. The first-order valence-corrected chi connectivity index (χ1v) is 6.77. The molecule has 0 aliphatic heterocycles. The van der Waals surface area contributed by atoms with Crippen LogP contribution in [0, 0.1) is 0 Å². The van der Waals surface area contributed by atoms with E-state index in [2.05, 4.69) is 19.2 Å². The van der Waals surface area contributed by atoms with E-state index < -0.39 is 0 Å². The van der Waals surface area contributed by atoms with Crippen LogP contribution in [0.2, 0.25) is 0 Å². The van der Waals surface area contributed by atoms with Crippen LogP contribution >= 0.6 is 0 Å². The highest BCUT2D eigenvalue weighted by Crippen LogP contribution is 2.29. The van der Waals surface area contributed by atoms with Crippen LogP contribution in [0.5, 0.6) is 5.75 Å².